The summed E-state index contributed by atoms with van der Waals surface area (Å²) in [5.41, 5.74) is -1.58. The summed E-state index contributed by atoms with van der Waals surface area (Å²) in [7, 11) is 0. The molecule has 0 aromatic carbocycles. The van der Waals surface area contributed by atoms with Crippen LogP contribution >= 0.6 is 11.6 Å². The minimum absolute atomic E-state index is 0.0471. The monoisotopic (exact) mass is 399 g/mol. The second kappa shape index (κ2) is 7.89. The third kappa shape index (κ3) is 4.17. The third-order valence-electron chi connectivity index (χ3n) is 3.76. The predicted molar refractivity (Wildman–Crippen MR) is 91.4 cm³/mol. The van der Waals surface area contributed by atoms with Gasteiger partial charge in [0.05, 0.1) is 17.3 Å². The van der Waals surface area contributed by atoms with Gasteiger partial charge in [-0.15, -0.1) is 0 Å². The van der Waals surface area contributed by atoms with E-state index in [-0.39, 0.29) is 23.8 Å². The van der Waals surface area contributed by atoms with Gasteiger partial charge in [0.2, 0.25) is 0 Å². The number of amidine groups is 1. The van der Waals surface area contributed by atoms with Crippen molar-refractivity contribution >= 4 is 29.2 Å². The molecule has 1 aliphatic heterocycles. The van der Waals surface area contributed by atoms with Crippen LogP contribution in [0.25, 0.3) is 0 Å². The Labute approximate surface area is 156 Å². The van der Waals surface area contributed by atoms with Gasteiger partial charge in [-0.2, -0.15) is 0 Å². The van der Waals surface area contributed by atoms with Gasteiger partial charge in [0.15, 0.2) is 11.4 Å². The molecule has 7 nitrogen and oxygen atoms in total. The molecule has 0 spiro atoms. The summed E-state index contributed by atoms with van der Waals surface area (Å²) in [6, 6.07) is 7.31. The molecule has 1 N–H and O–H groups in total. The number of nitrogens with zero attached hydrogens (tertiary/aromatic N) is 4. The van der Waals surface area contributed by atoms with Crippen molar-refractivity contribution in [3.8, 4) is 0 Å². The maximum absolute atomic E-state index is 13.8. The lowest BCUT2D eigenvalue weighted by molar-refractivity contribution is -0.0872. The zero-order valence-corrected chi connectivity index (χ0v) is 14.5. The Morgan fingerprint density at radius 1 is 1.33 bits per heavy atom. The summed E-state index contributed by atoms with van der Waals surface area (Å²) in [5, 5.41) is 1.66. The number of amides is 1. The first-order valence-electron chi connectivity index (χ1n) is 7.68. The summed E-state index contributed by atoms with van der Waals surface area (Å²) in [5.74, 6) is -1.18. The maximum atomic E-state index is 13.8. The van der Waals surface area contributed by atoms with Crippen LogP contribution in [-0.2, 0) is 10.3 Å². The van der Waals surface area contributed by atoms with Crippen molar-refractivity contribution in [1.82, 2.24) is 15.3 Å². The summed E-state index contributed by atoms with van der Waals surface area (Å²) in [6.07, 6.45) is 1.31. The zero-order chi connectivity index (χ0) is 19.4. The second-order valence-corrected chi connectivity index (χ2v) is 6.08. The summed E-state index contributed by atoms with van der Waals surface area (Å²) in [6.45, 7) is -1.80. The Bertz CT molecular complexity index is 865. The minimum Gasteiger partial charge on any atom is -0.370 e. The van der Waals surface area contributed by atoms with E-state index in [1.54, 1.807) is 0 Å². The average Bonchev–Trinajstić information content (AvgIpc) is 2.68. The van der Waals surface area contributed by atoms with Gasteiger partial charge in [0.25, 0.3) is 5.91 Å². The molecule has 0 bridgehead atoms. The highest BCUT2D eigenvalue weighted by Gasteiger charge is 2.39. The van der Waals surface area contributed by atoms with Gasteiger partial charge >= 0.3 is 0 Å². The molecule has 11 heteroatoms. The van der Waals surface area contributed by atoms with Gasteiger partial charge in [-0.05, 0) is 29.6 Å². The molecule has 0 saturated heterocycles. The smallest absolute Gasteiger partial charge is 0.275 e. The van der Waals surface area contributed by atoms with E-state index >= 15 is 0 Å². The van der Waals surface area contributed by atoms with E-state index in [2.05, 4.69) is 20.3 Å². The van der Waals surface area contributed by atoms with Crippen molar-refractivity contribution in [2.45, 2.75) is 5.54 Å². The quantitative estimate of drug-likeness (QED) is 0.799. The molecule has 0 radical (unpaired) electrons. The van der Waals surface area contributed by atoms with Crippen molar-refractivity contribution in [2.75, 3.05) is 25.2 Å². The number of hydrogen-bond donors (Lipinski definition) is 1. The molecule has 0 saturated carbocycles. The normalized spacial score (nSPS) is 19.3. The number of alkyl halides is 1. The number of anilines is 1. The van der Waals surface area contributed by atoms with E-state index < -0.39 is 35.9 Å². The van der Waals surface area contributed by atoms with Crippen LogP contribution < -0.4 is 5.32 Å². The van der Waals surface area contributed by atoms with Crippen molar-refractivity contribution in [3.63, 3.8) is 0 Å². The highest BCUT2D eigenvalue weighted by molar-refractivity contribution is 6.30. The van der Waals surface area contributed by atoms with E-state index in [1.807, 2.05) is 0 Å². The lowest BCUT2D eigenvalue weighted by Gasteiger charge is -2.31. The first-order chi connectivity index (χ1) is 12.9. The molecule has 1 unspecified atom stereocenters. The van der Waals surface area contributed by atoms with Crippen LogP contribution in [0, 0.1) is 0 Å². The number of nitrogens with one attached hydrogen (secondary N) is 1. The van der Waals surface area contributed by atoms with Gasteiger partial charge in [-0.25, -0.2) is 19.4 Å². The number of carbonyl (C=O) groups is 1. The largest absolute Gasteiger partial charge is 0.370 e. The standard InChI is InChI=1S/C16H13ClF3N5O2/c17-10-4-5-11(21-6-10)15(26)23-13-3-1-2-12(22-13)16(8-18)9-27-7-14(24-16)25(19)20/h1-6H,7-9H2,(H,22,23,26). The first-order valence-corrected chi connectivity index (χ1v) is 8.06. The first kappa shape index (κ1) is 19.1. The fourth-order valence-corrected chi connectivity index (χ4v) is 2.54. The molecular weight excluding hydrogens is 387 g/mol. The van der Waals surface area contributed by atoms with E-state index in [9.17, 15) is 18.1 Å². The van der Waals surface area contributed by atoms with Gasteiger partial charge in [0, 0.05) is 6.20 Å². The molecule has 1 amide bonds. The number of carbonyl (C=O) groups excluding carboxylic acids is 1. The fourth-order valence-electron chi connectivity index (χ4n) is 2.43. The lowest BCUT2D eigenvalue weighted by atomic mass is 9.97. The summed E-state index contributed by atoms with van der Waals surface area (Å²) in [4.78, 5) is 24.0. The summed E-state index contributed by atoms with van der Waals surface area (Å²) >= 11 is 5.73. The molecule has 27 heavy (non-hydrogen) atoms. The lowest BCUT2D eigenvalue weighted by Crippen LogP contribution is -2.42. The molecule has 0 aliphatic carbocycles. The zero-order valence-electron chi connectivity index (χ0n) is 13.7. The van der Waals surface area contributed by atoms with Crippen molar-refractivity contribution in [2.24, 2.45) is 4.99 Å². The van der Waals surface area contributed by atoms with Crippen LogP contribution in [-0.4, -0.2) is 46.9 Å². The molecular formula is C16H13ClF3N5O2. The van der Waals surface area contributed by atoms with Crippen LogP contribution in [0.2, 0.25) is 5.02 Å². The van der Waals surface area contributed by atoms with Crippen LogP contribution in [0.4, 0.5) is 19.2 Å². The Hall–Kier alpha value is -2.72. The van der Waals surface area contributed by atoms with Crippen molar-refractivity contribution in [3.05, 3.63) is 52.9 Å². The van der Waals surface area contributed by atoms with Crippen molar-refractivity contribution < 1.29 is 22.9 Å². The number of aromatic nitrogens is 2. The average molecular weight is 400 g/mol. The number of ether oxygens (including phenoxy) is 1. The number of hydrogen-bond acceptors (Lipinski definition) is 6. The highest BCUT2D eigenvalue weighted by Crippen LogP contribution is 2.30. The van der Waals surface area contributed by atoms with Crippen LogP contribution in [0.5, 0.6) is 0 Å². The topological polar surface area (TPSA) is 79.7 Å². The van der Waals surface area contributed by atoms with E-state index in [4.69, 9.17) is 16.3 Å². The van der Waals surface area contributed by atoms with Gasteiger partial charge < -0.3 is 10.1 Å². The van der Waals surface area contributed by atoms with E-state index in [0.717, 1.165) is 0 Å². The number of aliphatic imine (C=N–C) groups is 1. The maximum Gasteiger partial charge on any atom is 0.275 e. The molecule has 2 aromatic heterocycles. The Balaban J connectivity index is 1.87. The predicted octanol–water partition coefficient (Wildman–Crippen LogP) is 3.05. The van der Waals surface area contributed by atoms with E-state index in [1.165, 1.54) is 36.5 Å². The van der Waals surface area contributed by atoms with Gasteiger partial charge in [0.1, 0.15) is 24.8 Å². The van der Waals surface area contributed by atoms with E-state index in [0.29, 0.717) is 5.02 Å². The minimum atomic E-state index is -1.72. The summed E-state index contributed by atoms with van der Waals surface area (Å²) < 4.78 is 44.4. The Morgan fingerprint density at radius 2 is 2.15 bits per heavy atom. The number of pyridine rings is 2. The molecule has 142 valence electrons. The van der Waals surface area contributed by atoms with Gasteiger partial charge in [-0.3, -0.25) is 4.79 Å². The number of rotatable bonds is 4. The van der Waals surface area contributed by atoms with Crippen LogP contribution in [0.3, 0.4) is 0 Å². The molecule has 1 aliphatic rings. The molecule has 1 atom stereocenters. The molecule has 3 heterocycles. The second-order valence-electron chi connectivity index (χ2n) is 5.64. The molecule has 2 aromatic rings. The highest BCUT2D eigenvalue weighted by atomic mass is 35.5. The number of halogens is 4. The molecule has 3 rings (SSSR count). The van der Waals surface area contributed by atoms with Crippen LogP contribution in [0.15, 0.2) is 41.5 Å². The SMILES string of the molecule is O=C(Nc1cccc(C2(CF)COCC(N(F)F)=N2)n1)c1ccc(Cl)cn1. The fraction of sp³-hybridized carbons (Fsp3) is 0.250. The van der Waals surface area contributed by atoms with Crippen LogP contribution in [0.1, 0.15) is 16.2 Å². The third-order valence-corrected chi connectivity index (χ3v) is 3.98. The van der Waals surface area contributed by atoms with Crippen molar-refractivity contribution in [1.29, 1.82) is 0 Å². The Kier molecular flexibility index (Phi) is 5.57. The Morgan fingerprint density at radius 3 is 2.81 bits per heavy atom. The molecule has 0 fully saturated rings. The van der Waals surface area contributed by atoms with Gasteiger partial charge in [-0.1, -0.05) is 26.6 Å².